The summed E-state index contributed by atoms with van der Waals surface area (Å²) in [5, 5.41) is 2.78. The molecule has 2 N–H and O–H groups in total. The summed E-state index contributed by atoms with van der Waals surface area (Å²) in [5.74, 6) is 0.628. The van der Waals surface area contributed by atoms with E-state index in [0.717, 1.165) is 22.4 Å². The number of hydrogen-bond donors (Lipinski definition) is 2. The van der Waals surface area contributed by atoms with Crippen LogP contribution in [-0.2, 0) is 14.8 Å². The molecule has 7 heteroatoms. The lowest BCUT2D eigenvalue weighted by Gasteiger charge is -2.11. The van der Waals surface area contributed by atoms with Crippen LogP contribution >= 0.6 is 0 Å². The van der Waals surface area contributed by atoms with Gasteiger partial charge in [-0.15, -0.1) is 0 Å². The first-order valence-electron chi connectivity index (χ1n) is 10.4. The maximum absolute atomic E-state index is 12.6. The molecule has 0 saturated heterocycles. The highest BCUT2D eigenvalue weighted by molar-refractivity contribution is 7.92. The van der Waals surface area contributed by atoms with Gasteiger partial charge in [0.2, 0.25) is 5.91 Å². The number of ether oxygens (including phenoxy) is 1. The third kappa shape index (κ3) is 6.59. The van der Waals surface area contributed by atoms with Crippen LogP contribution in [0.3, 0.4) is 0 Å². The fraction of sp³-hybridized carbons (Fsp3) is 0.240. The Hall–Kier alpha value is -3.32. The molecule has 0 heterocycles. The lowest BCUT2D eigenvalue weighted by atomic mass is 10.1. The first kappa shape index (κ1) is 23.3. The molecule has 0 aliphatic heterocycles. The fourth-order valence-electron chi connectivity index (χ4n) is 3.02. The molecule has 3 rings (SSSR count). The van der Waals surface area contributed by atoms with Gasteiger partial charge >= 0.3 is 0 Å². The zero-order valence-corrected chi connectivity index (χ0v) is 19.3. The van der Waals surface area contributed by atoms with Gasteiger partial charge in [-0.3, -0.25) is 9.52 Å². The van der Waals surface area contributed by atoms with Gasteiger partial charge in [0.15, 0.2) is 0 Å². The maximum Gasteiger partial charge on any atom is 0.261 e. The van der Waals surface area contributed by atoms with Crippen molar-refractivity contribution in [3.8, 4) is 5.75 Å². The van der Waals surface area contributed by atoms with Crippen LogP contribution in [0.1, 0.15) is 29.5 Å². The lowest BCUT2D eigenvalue weighted by molar-refractivity contribution is -0.116. The number of amides is 1. The van der Waals surface area contributed by atoms with Crippen LogP contribution in [-0.4, -0.2) is 20.9 Å². The Labute approximate surface area is 189 Å². The van der Waals surface area contributed by atoms with Crippen LogP contribution in [0.2, 0.25) is 0 Å². The van der Waals surface area contributed by atoms with Crippen molar-refractivity contribution in [1.29, 1.82) is 0 Å². The van der Waals surface area contributed by atoms with Gasteiger partial charge in [-0.1, -0.05) is 23.8 Å². The summed E-state index contributed by atoms with van der Waals surface area (Å²) in [5.41, 5.74) is 4.32. The number of carbonyl (C=O) groups is 1. The molecule has 3 aromatic rings. The molecule has 0 atom stereocenters. The van der Waals surface area contributed by atoms with Crippen molar-refractivity contribution in [2.45, 2.75) is 38.5 Å². The first-order chi connectivity index (χ1) is 15.2. The largest absolute Gasteiger partial charge is 0.494 e. The summed E-state index contributed by atoms with van der Waals surface area (Å²) < 4.78 is 33.5. The smallest absolute Gasteiger partial charge is 0.261 e. The number of sulfonamides is 1. The Balaban J connectivity index is 1.49. The minimum atomic E-state index is -3.71. The van der Waals surface area contributed by atoms with Crippen LogP contribution < -0.4 is 14.8 Å². The van der Waals surface area contributed by atoms with Gasteiger partial charge in [-0.25, -0.2) is 8.42 Å². The minimum Gasteiger partial charge on any atom is -0.494 e. The molecule has 6 nitrogen and oxygen atoms in total. The summed E-state index contributed by atoms with van der Waals surface area (Å²) in [6, 6.07) is 19.3. The number of nitrogens with one attached hydrogen (secondary N) is 2. The van der Waals surface area contributed by atoms with E-state index in [1.165, 1.54) is 12.1 Å². The Bertz CT molecular complexity index is 1170. The van der Waals surface area contributed by atoms with Gasteiger partial charge < -0.3 is 10.1 Å². The van der Waals surface area contributed by atoms with E-state index < -0.39 is 10.0 Å². The molecule has 32 heavy (non-hydrogen) atoms. The molecule has 0 aliphatic carbocycles. The van der Waals surface area contributed by atoms with Gasteiger partial charge in [0.25, 0.3) is 10.0 Å². The standard InChI is InChI=1S/C25H28N2O4S/c1-18-6-12-23(13-7-18)31-16-4-5-25(28)26-21-10-14-24(15-11-21)32(29,30)27-22-9-8-19(2)20(3)17-22/h6-15,17,27H,4-5,16H2,1-3H3,(H,26,28). The molecule has 3 aromatic carbocycles. The summed E-state index contributed by atoms with van der Waals surface area (Å²) in [7, 11) is -3.71. The number of anilines is 2. The number of carbonyl (C=O) groups excluding carboxylic acids is 1. The Morgan fingerprint density at radius 2 is 1.50 bits per heavy atom. The summed E-state index contributed by atoms with van der Waals surface area (Å²) in [6.07, 6.45) is 0.881. The highest BCUT2D eigenvalue weighted by Crippen LogP contribution is 2.20. The first-order valence-corrected chi connectivity index (χ1v) is 11.9. The van der Waals surface area contributed by atoms with Gasteiger partial charge in [0.05, 0.1) is 11.5 Å². The Kier molecular flexibility index (Phi) is 7.53. The van der Waals surface area contributed by atoms with E-state index in [1.54, 1.807) is 24.3 Å². The van der Waals surface area contributed by atoms with E-state index in [4.69, 9.17) is 4.74 Å². The molecular formula is C25H28N2O4S. The van der Waals surface area contributed by atoms with Crippen molar-refractivity contribution < 1.29 is 17.9 Å². The molecule has 0 fully saturated rings. The molecule has 0 aliphatic rings. The number of benzene rings is 3. The average molecular weight is 453 g/mol. The summed E-state index contributed by atoms with van der Waals surface area (Å²) in [4.78, 5) is 12.3. The molecule has 1 amide bonds. The van der Waals surface area contributed by atoms with Crippen LogP contribution in [0.4, 0.5) is 11.4 Å². The highest BCUT2D eigenvalue weighted by atomic mass is 32.2. The average Bonchev–Trinajstić information content (AvgIpc) is 2.75. The van der Waals surface area contributed by atoms with Crippen molar-refractivity contribution in [3.63, 3.8) is 0 Å². The van der Waals surface area contributed by atoms with Crippen LogP contribution in [0.25, 0.3) is 0 Å². The second-order valence-corrected chi connectivity index (χ2v) is 9.42. The molecule has 168 valence electrons. The predicted molar refractivity (Wildman–Crippen MR) is 128 cm³/mol. The minimum absolute atomic E-state index is 0.125. The topological polar surface area (TPSA) is 84.5 Å². The van der Waals surface area contributed by atoms with Crippen molar-refractivity contribution in [1.82, 2.24) is 0 Å². The second-order valence-electron chi connectivity index (χ2n) is 7.74. The van der Waals surface area contributed by atoms with Crippen molar-refractivity contribution in [2.75, 3.05) is 16.6 Å². The monoisotopic (exact) mass is 452 g/mol. The fourth-order valence-corrected chi connectivity index (χ4v) is 4.07. The van der Waals surface area contributed by atoms with E-state index in [9.17, 15) is 13.2 Å². The van der Waals surface area contributed by atoms with Crippen molar-refractivity contribution in [2.24, 2.45) is 0 Å². The van der Waals surface area contributed by atoms with Crippen LogP contribution in [0.15, 0.2) is 71.6 Å². The zero-order valence-electron chi connectivity index (χ0n) is 18.5. The highest BCUT2D eigenvalue weighted by Gasteiger charge is 2.14. The molecule has 0 aromatic heterocycles. The van der Waals surface area contributed by atoms with Crippen LogP contribution in [0.5, 0.6) is 5.75 Å². The molecule has 0 unspecified atom stereocenters. The van der Waals surface area contributed by atoms with Crippen molar-refractivity contribution in [3.05, 3.63) is 83.4 Å². The molecular weight excluding hydrogens is 424 g/mol. The normalized spacial score (nSPS) is 11.1. The lowest BCUT2D eigenvalue weighted by Crippen LogP contribution is -2.14. The van der Waals surface area contributed by atoms with Gasteiger partial charge in [0, 0.05) is 17.8 Å². The quantitative estimate of drug-likeness (QED) is 0.437. The van der Waals surface area contributed by atoms with Gasteiger partial charge in [-0.2, -0.15) is 0 Å². The van der Waals surface area contributed by atoms with Gasteiger partial charge in [-0.05, 0) is 86.8 Å². The predicted octanol–water partition coefficient (Wildman–Crippen LogP) is 5.21. The summed E-state index contributed by atoms with van der Waals surface area (Å²) >= 11 is 0. The third-order valence-electron chi connectivity index (χ3n) is 5.05. The Morgan fingerprint density at radius 3 is 2.16 bits per heavy atom. The molecule has 0 bridgehead atoms. The van der Waals surface area contributed by atoms with E-state index >= 15 is 0 Å². The second kappa shape index (κ2) is 10.3. The van der Waals surface area contributed by atoms with E-state index in [1.807, 2.05) is 51.1 Å². The van der Waals surface area contributed by atoms with Crippen molar-refractivity contribution >= 4 is 27.3 Å². The third-order valence-corrected chi connectivity index (χ3v) is 6.44. The van der Waals surface area contributed by atoms with E-state index in [2.05, 4.69) is 10.0 Å². The van der Waals surface area contributed by atoms with E-state index in [-0.39, 0.29) is 10.8 Å². The number of hydrogen-bond acceptors (Lipinski definition) is 4. The summed E-state index contributed by atoms with van der Waals surface area (Å²) in [6.45, 7) is 6.35. The number of aryl methyl sites for hydroxylation is 3. The molecule has 0 spiro atoms. The van der Waals surface area contributed by atoms with Crippen LogP contribution in [0, 0.1) is 20.8 Å². The van der Waals surface area contributed by atoms with E-state index in [0.29, 0.717) is 30.8 Å². The molecule has 0 radical (unpaired) electrons. The van der Waals surface area contributed by atoms with Gasteiger partial charge in [0.1, 0.15) is 5.75 Å². The number of rotatable bonds is 9. The SMILES string of the molecule is Cc1ccc(OCCCC(=O)Nc2ccc(S(=O)(=O)Nc3ccc(C)c(C)c3)cc2)cc1. The Morgan fingerprint density at radius 1 is 0.844 bits per heavy atom. The maximum atomic E-state index is 12.6. The zero-order chi connectivity index (χ0) is 23.1. The molecule has 0 saturated carbocycles.